The molecule has 1 N–H and O–H groups in total. The van der Waals surface area contributed by atoms with Crippen molar-refractivity contribution in [3.63, 3.8) is 0 Å². The van der Waals surface area contributed by atoms with Gasteiger partial charge in [0.15, 0.2) is 0 Å². The lowest BCUT2D eigenvalue weighted by Crippen LogP contribution is -2.30. The predicted molar refractivity (Wildman–Crippen MR) is 57.3 cm³/mol. The summed E-state index contributed by atoms with van der Waals surface area (Å²) in [4.78, 5) is 0. The van der Waals surface area contributed by atoms with E-state index in [1.54, 1.807) is 0 Å². The maximum absolute atomic E-state index is 3.56. The molecule has 1 aromatic carbocycles. The van der Waals surface area contributed by atoms with E-state index in [-0.39, 0.29) is 5.54 Å². The maximum Gasteiger partial charge on any atom is 0.0384 e. The molecule has 2 rings (SSSR count). The summed E-state index contributed by atoms with van der Waals surface area (Å²) in [5.74, 6) is 0.601. The zero-order valence-corrected chi connectivity index (χ0v) is 8.81. The zero-order valence-electron chi connectivity index (χ0n) is 8.81. The standard InChI is InChI=1S/C12H17N/c1-8-6-5-7-10-11(8)9(2)12(3,4)13-10/h5-7,9,13H,1-4H3. The topological polar surface area (TPSA) is 12.0 Å². The first-order valence-electron chi connectivity index (χ1n) is 4.90. The van der Waals surface area contributed by atoms with E-state index in [0.29, 0.717) is 5.92 Å². The van der Waals surface area contributed by atoms with E-state index >= 15 is 0 Å². The summed E-state index contributed by atoms with van der Waals surface area (Å²) in [6.45, 7) is 9.01. The molecule has 1 aromatic rings. The van der Waals surface area contributed by atoms with Crippen LogP contribution in [0.2, 0.25) is 0 Å². The smallest absolute Gasteiger partial charge is 0.0384 e. The van der Waals surface area contributed by atoms with Crippen molar-refractivity contribution in [1.82, 2.24) is 0 Å². The van der Waals surface area contributed by atoms with Crippen molar-refractivity contribution >= 4 is 5.69 Å². The quantitative estimate of drug-likeness (QED) is 0.638. The van der Waals surface area contributed by atoms with Gasteiger partial charge in [-0.25, -0.2) is 0 Å². The van der Waals surface area contributed by atoms with Gasteiger partial charge in [0.2, 0.25) is 0 Å². The third-order valence-corrected chi connectivity index (χ3v) is 3.30. The van der Waals surface area contributed by atoms with Gasteiger partial charge < -0.3 is 5.32 Å². The molecular weight excluding hydrogens is 158 g/mol. The molecule has 1 unspecified atom stereocenters. The Balaban J connectivity index is 2.57. The number of nitrogens with one attached hydrogen (secondary N) is 1. The van der Waals surface area contributed by atoms with Crippen LogP contribution in [0.15, 0.2) is 18.2 Å². The summed E-state index contributed by atoms with van der Waals surface area (Å²) in [7, 11) is 0. The van der Waals surface area contributed by atoms with Crippen LogP contribution < -0.4 is 5.32 Å². The summed E-state index contributed by atoms with van der Waals surface area (Å²) in [6, 6.07) is 6.49. The molecule has 70 valence electrons. The van der Waals surface area contributed by atoms with Crippen molar-refractivity contribution in [2.45, 2.75) is 39.2 Å². The van der Waals surface area contributed by atoms with Gasteiger partial charge in [0.25, 0.3) is 0 Å². The van der Waals surface area contributed by atoms with Gasteiger partial charge >= 0.3 is 0 Å². The van der Waals surface area contributed by atoms with Gasteiger partial charge in [0, 0.05) is 17.1 Å². The van der Waals surface area contributed by atoms with Crippen molar-refractivity contribution in [2.75, 3.05) is 5.32 Å². The van der Waals surface area contributed by atoms with Gasteiger partial charge in [-0.05, 0) is 38.0 Å². The molecule has 1 heterocycles. The van der Waals surface area contributed by atoms with E-state index in [0.717, 1.165) is 0 Å². The highest BCUT2D eigenvalue weighted by atomic mass is 15.0. The molecule has 0 aromatic heterocycles. The van der Waals surface area contributed by atoms with Crippen LogP contribution in [-0.2, 0) is 0 Å². The van der Waals surface area contributed by atoms with Crippen molar-refractivity contribution in [2.24, 2.45) is 0 Å². The SMILES string of the molecule is Cc1cccc2c1C(C)C(C)(C)N2. The van der Waals surface area contributed by atoms with Gasteiger partial charge in [-0.1, -0.05) is 19.1 Å². The van der Waals surface area contributed by atoms with Crippen molar-refractivity contribution in [1.29, 1.82) is 0 Å². The minimum atomic E-state index is 0.203. The minimum Gasteiger partial charge on any atom is -0.379 e. The van der Waals surface area contributed by atoms with Gasteiger partial charge in [0.05, 0.1) is 0 Å². The highest BCUT2D eigenvalue weighted by Gasteiger charge is 2.35. The lowest BCUT2D eigenvalue weighted by Gasteiger charge is -2.24. The zero-order chi connectivity index (χ0) is 9.64. The molecule has 1 aliphatic rings. The second-order valence-electron chi connectivity index (χ2n) is 4.60. The largest absolute Gasteiger partial charge is 0.379 e. The molecule has 1 nitrogen and oxygen atoms in total. The van der Waals surface area contributed by atoms with Crippen molar-refractivity contribution in [3.05, 3.63) is 29.3 Å². The van der Waals surface area contributed by atoms with E-state index in [1.165, 1.54) is 16.8 Å². The number of fused-ring (bicyclic) bond motifs is 1. The summed E-state index contributed by atoms with van der Waals surface area (Å²) in [6.07, 6.45) is 0. The molecule has 1 atom stereocenters. The second kappa shape index (κ2) is 2.50. The van der Waals surface area contributed by atoms with Crippen LogP contribution in [0.25, 0.3) is 0 Å². The van der Waals surface area contributed by atoms with Gasteiger partial charge in [0.1, 0.15) is 0 Å². The minimum absolute atomic E-state index is 0.203. The molecule has 1 heteroatoms. The molecule has 0 spiro atoms. The molecule has 0 saturated heterocycles. The first kappa shape index (κ1) is 8.61. The van der Waals surface area contributed by atoms with Crippen LogP contribution in [0.1, 0.15) is 37.8 Å². The summed E-state index contributed by atoms with van der Waals surface area (Å²) < 4.78 is 0. The Kier molecular flexibility index (Phi) is 1.66. The van der Waals surface area contributed by atoms with E-state index in [2.05, 4.69) is 51.2 Å². The maximum atomic E-state index is 3.56. The summed E-state index contributed by atoms with van der Waals surface area (Å²) in [5.41, 5.74) is 4.42. The predicted octanol–water partition coefficient (Wildman–Crippen LogP) is 3.30. The van der Waals surface area contributed by atoms with Gasteiger partial charge in [-0.15, -0.1) is 0 Å². The van der Waals surface area contributed by atoms with Crippen molar-refractivity contribution in [3.8, 4) is 0 Å². The highest BCUT2D eigenvalue weighted by Crippen LogP contribution is 2.43. The first-order chi connectivity index (χ1) is 6.02. The van der Waals surface area contributed by atoms with E-state index in [9.17, 15) is 0 Å². The molecule has 1 aliphatic heterocycles. The van der Waals surface area contributed by atoms with Crippen molar-refractivity contribution < 1.29 is 0 Å². The molecule has 13 heavy (non-hydrogen) atoms. The number of rotatable bonds is 0. The average Bonchev–Trinajstić information content (AvgIpc) is 2.24. The normalized spacial score (nSPS) is 23.8. The van der Waals surface area contributed by atoms with Gasteiger partial charge in [-0.2, -0.15) is 0 Å². The highest BCUT2D eigenvalue weighted by molar-refractivity contribution is 5.63. The number of hydrogen-bond donors (Lipinski definition) is 1. The van der Waals surface area contributed by atoms with Gasteiger partial charge in [-0.3, -0.25) is 0 Å². The third-order valence-electron chi connectivity index (χ3n) is 3.30. The number of benzene rings is 1. The van der Waals surface area contributed by atoms with Crippen LogP contribution in [0.3, 0.4) is 0 Å². The molecule has 0 radical (unpaired) electrons. The van der Waals surface area contributed by atoms with E-state index in [1.807, 2.05) is 0 Å². The van der Waals surface area contributed by atoms with E-state index < -0.39 is 0 Å². The Morgan fingerprint density at radius 3 is 2.62 bits per heavy atom. The Morgan fingerprint density at radius 2 is 2.00 bits per heavy atom. The molecular formula is C12H17N. The summed E-state index contributed by atoms with van der Waals surface area (Å²) >= 11 is 0. The monoisotopic (exact) mass is 175 g/mol. The Labute approximate surface area is 80.2 Å². The fourth-order valence-electron chi connectivity index (χ4n) is 2.18. The fourth-order valence-corrected chi connectivity index (χ4v) is 2.18. The van der Waals surface area contributed by atoms with Crippen LogP contribution >= 0.6 is 0 Å². The average molecular weight is 175 g/mol. The second-order valence-corrected chi connectivity index (χ2v) is 4.60. The molecule has 0 fully saturated rings. The number of hydrogen-bond acceptors (Lipinski definition) is 1. The molecule has 0 bridgehead atoms. The summed E-state index contributed by atoms with van der Waals surface area (Å²) in [5, 5.41) is 3.56. The van der Waals surface area contributed by atoms with Crippen LogP contribution in [0.5, 0.6) is 0 Å². The Bertz CT molecular complexity index is 339. The number of anilines is 1. The van der Waals surface area contributed by atoms with E-state index in [4.69, 9.17) is 0 Å². The fraction of sp³-hybridized carbons (Fsp3) is 0.500. The number of aryl methyl sites for hydroxylation is 1. The van der Waals surface area contributed by atoms with Crippen LogP contribution in [0, 0.1) is 6.92 Å². The third kappa shape index (κ3) is 1.14. The Morgan fingerprint density at radius 1 is 1.31 bits per heavy atom. The molecule has 0 amide bonds. The van der Waals surface area contributed by atoms with Crippen LogP contribution in [0.4, 0.5) is 5.69 Å². The molecule has 0 saturated carbocycles. The lowest BCUT2D eigenvalue weighted by atomic mass is 9.86. The van der Waals surface area contributed by atoms with Crippen LogP contribution in [-0.4, -0.2) is 5.54 Å². The molecule has 0 aliphatic carbocycles. The Hall–Kier alpha value is -0.980. The lowest BCUT2D eigenvalue weighted by molar-refractivity contribution is 0.501. The first-order valence-corrected chi connectivity index (χ1v) is 4.90.